The predicted octanol–water partition coefficient (Wildman–Crippen LogP) is 4.06. The maximum absolute atomic E-state index is 12.9. The van der Waals surface area contributed by atoms with Crippen LogP contribution in [0.25, 0.3) is 11.1 Å². The molecule has 4 heterocycles. The van der Waals surface area contributed by atoms with E-state index in [1.54, 1.807) is 18.5 Å². The molecule has 2 atom stereocenters. The number of rotatable bonds is 3. The first-order chi connectivity index (χ1) is 12.4. The van der Waals surface area contributed by atoms with Crippen LogP contribution in [-0.4, -0.2) is 40.0 Å². The van der Waals surface area contributed by atoms with Gasteiger partial charge in [-0.2, -0.15) is 13.2 Å². The van der Waals surface area contributed by atoms with E-state index in [1.165, 1.54) is 18.9 Å². The Morgan fingerprint density at radius 3 is 2.38 bits per heavy atom. The van der Waals surface area contributed by atoms with Gasteiger partial charge in [-0.3, -0.25) is 4.90 Å². The van der Waals surface area contributed by atoms with Gasteiger partial charge in [0.1, 0.15) is 0 Å². The molecule has 3 aliphatic heterocycles. The van der Waals surface area contributed by atoms with E-state index in [4.69, 9.17) is 0 Å². The minimum absolute atomic E-state index is 0.317. The van der Waals surface area contributed by atoms with Crippen molar-refractivity contribution < 1.29 is 13.2 Å². The Labute approximate surface area is 150 Å². The number of fused-ring (bicyclic) bond motifs is 3. The molecule has 0 amide bonds. The van der Waals surface area contributed by atoms with Crippen LogP contribution in [-0.2, 0) is 6.18 Å². The monoisotopic (exact) mass is 362 g/mol. The van der Waals surface area contributed by atoms with Crippen molar-refractivity contribution in [3.8, 4) is 11.1 Å². The topological polar surface area (TPSA) is 41.1 Å². The molecule has 3 fully saturated rings. The zero-order valence-corrected chi connectivity index (χ0v) is 14.5. The van der Waals surface area contributed by atoms with Gasteiger partial charge >= 0.3 is 6.18 Å². The second-order valence-corrected chi connectivity index (χ2v) is 7.16. The number of aromatic nitrogens is 2. The molecule has 0 saturated carbocycles. The van der Waals surface area contributed by atoms with E-state index in [0.29, 0.717) is 35.1 Å². The SMILES string of the molecule is CC1C(Nc2ncc(-c3cccc(C(F)(F)F)c3)cn2)C2CCN1CC2. The Morgan fingerprint density at radius 2 is 1.77 bits per heavy atom. The van der Waals surface area contributed by atoms with Crippen LogP contribution >= 0.6 is 0 Å². The Hall–Kier alpha value is -2.15. The van der Waals surface area contributed by atoms with Gasteiger partial charge in [0.25, 0.3) is 0 Å². The van der Waals surface area contributed by atoms with E-state index in [1.807, 2.05) is 0 Å². The van der Waals surface area contributed by atoms with Gasteiger partial charge in [-0.1, -0.05) is 12.1 Å². The van der Waals surface area contributed by atoms with Crippen molar-refractivity contribution in [1.82, 2.24) is 14.9 Å². The number of benzene rings is 1. The molecule has 5 rings (SSSR count). The Morgan fingerprint density at radius 1 is 1.08 bits per heavy atom. The molecule has 7 heteroatoms. The summed E-state index contributed by atoms with van der Waals surface area (Å²) in [5.74, 6) is 1.16. The molecular weight excluding hydrogens is 341 g/mol. The highest BCUT2D eigenvalue weighted by Gasteiger charge is 2.40. The van der Waals surface area contributed by atoms with Crippen molar-refractivity contribution >= 4 is 5.95 Å². The molecule has 1 aromatic carbocycles. The third-order valence-corrected chi connectivity index (χ3v) is 5.65. The second kappa shape index (κ2) is 6.54. The van der Waals surface area contributed by atoms with E-state index in [2.05, 4.69) is 27.1 Å². The fraction of sp³-hybridized carbons (Fsp3) is 0.474. The van der Waals surface area contributed by atoms with E-state index < -0.39 is 11.7 Å². The summed E-state index contributed by atoms with van der Waals surface area (Å²) in [4.78, 5) is 11.2. The lowest BCUT2D eigenvalue weighted by Crippen LogP contribution is -2.59. The van der Waals surface area contributed by atoms with Crippen molar-refractivity contribution in [3.05, 3.63) is 42.2 Å². The summed E-state index contributed by atoms with van der Waals surface area (Å²) >= 11 is 0. The molecule has 0 spiro atoms. The number of halogens is 3. The number of nitrogens with one attached hydrogen (secondary N) is 1. The minimum atomic E-state index is -4.36. The van der Waals surface area contributed by atoms with Gasteiger partial charge in [0.2, 0.25) is 5.95 Å². The summed E-state index contributed by atoms with van der Waals surface area (Å²) in [7, 11) is 0. The van der Waals surface area contributed by atoms with Crippen molar-refractivity contribution in [3.63, 3.8) is 0 Å². The molecule has 2 aromatic rings. The Balaban J connectivity index is 1.51. The van der Waals surface area contributed by atoms with Gasteiger partial charge in [0, 0.05) is 30.0 Å². The highest BCUT2D eigenvalue weighted by Crippen LogP contribution is 2.34. The molecule has 2 bridgehead atoms. The summed E-state index contributed by atoms with van der Waals surface area (Å²) in [5.41, 5.74) is 0.365. The quantitative estimate of drug-likeness (QED) is 0.894. The first kappa shape index (κ1) is 17.3. The van der Waals surface area contributed by atoms with Crippen LogP contribution in [0.1, 0.15) is 25.3 Å². The fourth-order valence-corrected chi connectivity index (χ4v) is 4.12. The number of piperidine rings is 3. The van der Waals surface area contributed by atoms with Gasteiger partial charge in [-0.15, -0.1) is 0 Å². The smallest absolute Gasteiger partial charge is 0.350 e. The van der Waals surface area contributed by atoms with E-state index in [9.17, 15) is 13.2 Å². The molecule has 3 saturated heterocycles. The standard InChI is InChI=1S/C19H21F3N4/c1-12-17(13-5-7-26(12)8-6-13)25-18-23-10-15(11-24-18)14-3-2-4-16(9-14)19(20,21)22/h2-4,9-13,17H,5-8H2,1H3,(H,23,24,25). The van der Waals surface area contributed by atoms with Crippen molar-refractivity contribution in [2.45, 2.75) is 38.0 Å². The van der Waals surface area contributed by atoms with Crippen LogP contribution in [0.3, 0.4) is 0 Å². The van der Waals surface area contributed by atoms with Crippen LogP contribution in [0.5, 0.6) is 0 Å². The first-order valence-corrected chi connectivity index (χ1v) is 8.92. The summed E-state index contributed by atoms with van der Waals surface area (Å²) in [6.07, 6.45) is 1.17. The third kappa shape index (κ3) is 3.28. The molecule has 1 aromatic heterocycles. The molecule has 3 aliphatic rings. The summed E-state index contributed by atoms with van der Waals surface area (Å²) < 4.78 is 38.6. The molecular formula is C19H21F3N4. The molecule has 4 nitrogen and oxygen atoms in total. The van der Waals surface area contributed by atoms with Gasteiger partial charge in [-0.25, -0.2) is 9.97 Å². The summed E-state index contributed by atoms with van der Waals surface area (Å²) in [6.45, 7) is 4.53. The molecule has 26 heavy (non-hydrogen) atoms. The van der Waals surface area contributed by atoms with Gasteiger partial charge in [0.05, 0.1) is 5.56 Å². The van der Waals surface area contributed by atoms with E-state index in [0.717, 1.165) is 25.2 Å². The normalized spacial score (nSPS) is 28.2. The molecule has 138 valence electrons. The average molecular weight is 362 g/mol. The number of nitrogens with zero attached hydrogens (tertiary/aromatic N) is 3. The summed E-state index contributed by atoms with van der Waals surface area (Å²) in [6, 6.07) is 5.98. The fourth-order valence-electron chi connectivity index (χ4n) is 4.12. The lowest BCUT2D eigenvalue weighted by atomic mass is 9.79. The van der Waals surface area contributed by atoms with Crippen LogP contribution in [0, 0.1) is 5.92 Å². The van der Waals surface area contributed by atoms with Crippen LogP contribution in [0.4, 0.5) is 19.1 Å². The van der Waals surface area contributed by atoms with Crippen LogP contribution in [0.2, 0.25) is 0 Å². The van der Waals surface area contributed by atoms with Gasteiger partial charge in [0.15, 0.2) is 0 Å². The largest absolute Gasteiger partial charge is 0.416 e. The maximum Gasteiger partial charge on any atom is 0.416 e. The number of anilines is 1. The number of hydrogen-bond donors (Lipinski definition) is 1. The molecule has 0 aliphatic carbocycles. The zero-order valence-electron chi connectivity index (χ0n) is 14.5. The lowest BCUT2D eigenvalue weighted by Gasteiger charge is -2.49. The van der Waals surface area contributed by atoms with E-state index >= 15 is 0 Å². The second-order valence-electron chi connectivity index (χ2n) is 7.16. The summed E-state index contributed by atoms with van der Waals surface area (Å²) in [5, 5.41) is 3.43. The third-order valence-electron chi connectivity index (χ3n) is 5.65. The Kier molecular flexibility index (Phi) is 4.34. The van der Waals surface area contributed by atoms with Gasteiger partial charge < -0.3 is 5.32 Å². The highest BCUT2D eigenvalue weighted by atomic mass is 19.4. The molecule has 1 N–H and O–H groups in total. The number of alkyl halides is 3. The zero-order chi connectivity index (χ0) is 18.3. The Bertz CT molecular complexity index is 765. The maximum atomic E-state index is 12.9. The first-order valence-electron chi connectivity index (χ1n) is 8.92. The van der Waals surface area contributed by atoms with Crippen LogP contribution < -0.4 is 5.32 Å². The molecule has 2 unspecified atom stereocenters. The van der Waals surface area contributed by atoms with Crippen molar-refractivity contribution in [2.75, 3.05) is 18.4 Å². The van der Waals surface area contributed by atoms with Crippen LogP contribution in [0.15, 0.2) is 36.7 Å². The van der Waals surface area contributed by atoms with Gasteiger partial charge in [-0.05, 0) is 56.5 Å². The van der Waals surface area contributed by atoms with Crippen molar-refractivity contribution in [2.24, 2.45) is 5.92 Å². The minimum Gasteiger partial charge on any atom is -0.350 e. The highest BCUT2D eigenvalue weighted by molar-refractivity contribution is 5.63. The predicted molar refractivity (Wildman–Crippen MR) is 93.6 cm³/mol. The molecule has 0 radical (unpaired) electrons. The van der Waals surface area contributed by atoms with E-state index in [-0.39, 0.29) is 0 Å². The average Bonchev–Trinajstić information content (AvgIpc) is 2.65. The van der Waals surface area contributed by atoms with Crippen molar-refractivity contribution in [1.29, 1.82) is 0 Å². The lowest BCUT2D eigenvalue weighted by molar-refractivity contribution is -0.137. The number of hydrogen-bond acceptors (Lipinski definition) is 4.